The second-order valence-corrected chi connectivity index (χ2v) is 5.32. The molecule has 1 saturated heterocycles. The highest BCUT2D eigenvalue weighted by Crippen LogP contribution is 2.35. The molecule has 1 aromatic heterocycles. The normalized spacial score (nSPS) is 16.9. The average Bonchev–Trinajstić information content (AvgIpc) is 2.80. The van der Waals surface area contributed by atoms with E-state index in [1.54, 1.807) is 13.2 Å². The molecule has 0 unspecified atom stereocenters. The number of esters is 1. The first-order valence-electron chi connectivity index (χ1n) is 5.91. The smallest absolute Gasteiger partial charge is 0.348 e. The summed E-state index contributed by atoms with van der Waals surface area (Å²) in [7, 11) is 3.12. The molecule has 1 aliphatic heterocycles. The molecule has 100 valence electrons. The number of nitrogens with two attached hydrogens (primary N) is 1. The molecule has 0 atom stereocenters. The van der Waals surface area contributed by atoms with Crippen LogP contribution in [0.15, 0.2) is 6.07 Å². The van der Waals surface area contributed by atoms with Crippen LogP contribution in [0.2, 0.25) is 0 Å². The van der Waals surface area contributed by atoms with Gasteiger partial charge in [0, 0.05) is 20.2 Å². The zero-order valence-electron chi connectivity index (χ0n) is 10.6. The van der Waals surface area contributed by atoms with Crippen LogP contribution in [0, 0.1) is 0 Å². The van der Waals surface area contributed by atoms with Crippen molar-refractivity contribution >= 4 is 28.0 Å². The standard InChI is InChI=1S/C12H18N2O3S/c1-16-8-3-5-14(6-4-8)11-9(13)7-10(18-11)12(15)17-2/h7-8H,3-6,13H2,1-2H3. The molecule has 2 rings (SSSR count). The summed E-state index contributed by atoms with van der Waals surface area (Å²) in [5, 5.41) is 0.963. The minimum atomic E-state index is -0.329. The van der Waals surface area contributed by atoms with E-state index in [2.05, 4.69) is 4.90 Å². The van der Waals surface area contributed by atoms with Crippen molar-refractivity contribution in [2.24, 2.45) is 0 Å². The van der Waals surface area contributed by atoms with Crippen LogP contribution >= 0.6 is 11.3 Å². The number of nitrogens with zero attached hydrogens (tertiary/aromatic N) is 1. The van der Waals surface area contributed by atoms with E-state index in [0.29, 0.717) is 16.7 Å². The lowest BCUT2D eigenvalue weighted by atomic mass is 10.1. The van der Waals surface area contributed by atoms with Gasteiger partial charge in [-0.1, -0.05) is 0 Å². The monoisotopic (exact) mass is 270 g/mol. The number of rotatable bonds is 3. The molecular formula is C12H18N2O3S. The van der Waals surface area contributed by atoms with Gasteiger partial charge in [0.1, 0.15) is 9.88 Å². The number of methoxy groups -OCH3 is 2. The lowest BCUT2D eigenvalue weighted by Gasteiger charge is -2.32. The predicted octanol–water partition coefficient (Wildman–Crippen LogP) is 1.73. The maximum absolute atomic E-state index is 11.5. The third-order valence-corrected chi connectivity index (χ3v) is 4.38. The zero-order valence-corrected chi connectivity index (χ0v) is 11.5. The quantitative estimate of drug-likeness (QED) is 0.847. The number of anilines is 2. The number of carbonyl (C=O) groups is 1. The first-order valence-corrected chi connectivity index (χ1v) is 6.72. The van der Waals surface area contributed by atoms with Crippen LogP contribution in [0.25, 0.3) is 0 Å². The molecule has 0 aromatic carbocycles. The van der Waals surface area contributed by atoms with Crippen molar-refractivity contribution in [3.8, 4) is 0 Å². The fraction of sp³-hybridized carbons (Fsp3) is 0.583. The second kappa shape index (κ2) is 5.58. The van der Waals surface area contributed by atoms with E-state index >= 15 is 0 Å². The topological polar surface area (TPSA) is 64.8 Å². The van der Waals surface area contributed by atoms with Gasteiger partial charge in [0.15, 0.2) is 0 Å². The van der Waals surface area contributed by atoms with Crippen molar-refractivity contribution < 1.29 is 14.3 Å². The number of ether oxygens (including phenoxy) is 2. The Labute approximate surface area is 110 Å². The Morgan fingerprint density at radius 3 is 2.67 bits per heavy atom. The molecule has 5 nitrogen and oxygen atoms in total. The summed E-state index contributed by atoms with van der Waals surface area (Å²) in [6.45, 7) is 1.81. The summed E-state index contributed by atoms with van der Waals surface area (Å²) in [5.74, 6) is -0.329. The van der Waals surface area contributed by atoms with Crippen molar-refractivity contribution in [2.75, 3.05) is 37.9 Å². The number of carbonyl (C=O) groups excluding carboxylic acids is 1. The summed E-state index contributed by atoms with van der Waals surface area (Å²) in [4.78, 5) is 14.2. The summed E-state index contributed by atoms with van der Waals surface area (Å²) < 4.78 is 10.0. The Bertz CT molecular complexity index is 425. The lowest BCUT2D eigenvalue weighted by Crippen LogP contribution is -2.36. The van der Waals surface area contributed by atoms with E-state index in [9.17, 15) is 4.79 Å². The molecule has 2 heterocycles. The van der Waals surface area contributed by atoms with E-state index < -0.39 is 0 Å². The molecule has 6 heteroatoms. The Morgan fingerprint density at radius 1 is 1.44 bits per heavy atom. The highest BCUT2D eigenvalue weighted by atomic mass is 32.1. The number of thiophene rings is 1. The number of hydrogen-bond donors (Lipinski definition) is 1. The average molecular weight is 270 g/mol. The van der Waals surface area contributed by atoms with Gasteiger partial charge in [-0.15, -0.1) is 11.3 Å². The molecular weight excluding hydrogens is 252 g/mol. The molecule has 0 radical (unpaired) electrons. The molecule has 1 aliphatic rings. The Balaban J connectivity index is 2.09. The van der Waals surface area contributed by atoms with Crippen molar-refractivity contribution in [1.82, 2.24) is 0 Å². The van der Waals surface area contributed by atoms with Crippen LogP contribution in [0.3, 0.4) is 0 Å². The van der Waals surface area contributed by atoms with Gasteiger partial charge in [0.05, 0.1) is 18.9 Å². The molecule has 2 N–H and O–H groups in total. The van der Waals surface area contributed by atoms with Crippen LogP contribution in [0.4, 0.5) is 10.7 Å². The summed E-state index contributed by atoms with van der Waals surface area (Å²) in [5.41, 5.74) is 6.61. The van der Waals surface area contributed by atoms with Gasteiger partial charge >= 0.3 is 5.97 Å². The first-order chi connectivity index (χ1) is 8.65. The molecule has 0 aliphatic carbocycles. The van der Waals surface area contributed by atoms with Crippen LogP contribution < -0.4 is 10.6 Å². The van der Waals surface area contributed by atoms with Crippen LogP contribution in [-0.2, 0) is 9.47 Å². The maximum Gasteiger partial charge on any atom is 0.348 e. The molecule has 0 bridgehead atoms. The molecule has 0 amide bonds. The van der Waals surface area contributed by atoms with Crippen molar-refractivity contribution in [3.63, 3.8) is 0 Å². The van der Waals surface area contributed by atoms with E-state index in [1.165, 1.54) is 18.4 Å². The number of hydrogen-bond acceptors (Lipinski definition) is 6. The molecule has 0 spiro atoms. The van der Waals surface area contributed by atoms with E-state index in [1.807, 2.05) is 0 Å². The summed E-state index contributed by atoms with van der Waals surface area (Å²) in [6.07, 6.45) is 2.31. The predicted molar refractivity (Wildman–Crippen MR) is 72.3 cm³/mol. The fourth-order valence-corrected chi connectivity index (χ4v) is 3.19. The van der Waals surface area contributed by atoms with E-state index in [4.69, 9.17) is 15.2 Å². The minimum Gasteiger partial charge on any atom is -0.465 e. The molecule has 1 aromatic rings. The Morgan fingerprint density at radius 2 is 2.11 bits per heavy atom. The molecule has 0 saturated carbocycles. The van der Waals surface area contributed by atoms with Gasteiger partial charge in [-0.2, -0.15) is 0 Å². The third-order valence-electron chi connectivity index (χ3n) is 3.19. The fourth-order valence-electron chi connectivity index (χ4n) is 2.14. The van der Waals surface area contributed by atoms with Crippen LogP contribution in [0.5, 0.6) is 0 Å². The van der Waals surface area contributed by atoms with Crippen molar-refractivity contribution in [2.45, 2.75) is 18.9 Å². The maximum atomic E-state index is 11.5. The van der Waals surface area contributed by atoms with Crippen molar-refractivity contribution in [3.05, 3.63) is 10.9 Å². The van der Waals surface area contributed by atoms with Gasteiger partial charge in [-0.25, -0.2) is 4.79 Å². The van der Waals surface area contributed by atoms with Gasteiger partial charge in [0.2, 0.25) is 0 Å². The molecule has 1 fully saturated rings. The second-order valence-electron chi connectivity index (χ2n) is 4.28. The minimum absolute atomic E-state index is 0.329. The Kier molecular flexibility index (Phi) is 4.08. The Hall–Kier alpha value is -1.27. The number of piperidine rings is 1. The summed E-state index contributed by atoms with van der Waals surface area (Å²) in [6, 6.07) is 1.69. The van der Waals surface area contributed by atoms with E-state index in [-0.39, 0.29) is 5.97 Å². The van der Waals surface area contributed by atoms with Gasteiger partial charge in [-0.3, -0.25) is 0 Å². The highest BCUT2D eigenvalue weighted by molar-refractivity contribution is 7.18. The van der Waals surface area contributed by atoms with Crippen LogP contribution in [-0.4, -0.2) is 39.4 Å². The zero-order chi connectivity index (χ0) is 13.1. The SMILES string of the molecule is COC(=O)c1cc(N)c(N2CCC(OC)CC2)s1. The van der Waals surface area contributed by atoms with E-state index in [0.717, 1.165) is 30.9 Å². The first kappa shape index (κ1) is 13.2. The van der Waals surface area contributed by atoms with Crippen LogP contribution in [0.1, 0.15) is 22.5 Å². The highest BCUT2D eigenvalue weighted by Gasteiger charge is 2.23. The third kappa shape index (κ3) is 2.59. The van der Waals surface area contributed by atoms with Gasteiger partial charge < -0.3 is 20.1 Å². The largest absolute Gasteiger partial charge is 0.465 e. The van der Waals surface area contributed by atoms with Gasteiger partial charge in [-0.05, 0) is 18.9 Å². The van der Waals surface area contributed by atoms with Crippen molar-refractivity contribution in [1.29, 1.82) is 0 Å². The van der Waals surface area contributed by atoms with Gasteiger partial charge in [0.25, 0.3) is 0 Å². The molecule has 18 heavy (non-hydrogen) atoms. The number of nitrogen functional groups attached to an aromatic ring is 1. The summed E-state index contributed by atoms with van der Waals surface area (Å²) >= 11 is 1.39. The lowest BCUT2D eigenvalue weighted by molar-refractivity contribution is 0.0606.